The van der Waals surface area contributed by atoms with Crippen LogP contribution in [0.1, 0.15) is 47.0 Å². The lowest BCUT2D eigenvalue weighted by Crippen LogP contribution is -2.53. The van der Waals surface area contributed by atoms with Crippen LogP contribution in [0.4, 0.5) is 0 Å². The third kappa shape index (κ3) is 2.39. The van der Waals surface area contributed by atoms with Gasteiger partial charge >= 0.3 is 0 Å². The van der Waals surface area contributed by atoms with Crippen LogP contribution in [0, 0.1) is 23.3 Å². The van der Waals surface area contributed by atoms with Crippen molar-refractivity contribution in [2.75, 3.05) is 7.05 Å². The first kappa shape index (κ1) is 15.8. The lowest BCUT2D eigenvalue weighted by Gasteiger charge is -2.53. The fraction of sp³-hybridized carbons (Fsp3) is 0.706. The van der Waals surface area contributed by atoms with E-state index in [0.717, 1.165) is 19.3 Å². The van der Waals surface area contributed by atoms with Gasteiger partial charge in [0.2, 0.25) is 11.6 Å². The summed E-state index contributed by atoms with van der Waals surface area (Å²) in [6.45, 7) is 14.9. The van der Waals surface area contributed by atoms with Crippen molar-refractivity contribution < 1.29 is 9.59 Å². The van der Waals surface area contributed by atoms with Crippen LogP contribution in [0.2, 0.25) is 0 Å². The third-order valence-electron chi connectivity index (χ3n) is 5.58. The first-order chi connectivity index (χ1) is 9.63. The molecule has 0 saturated heterocycles. The molecular weight excluding hydrogens is 264 g/mol. The highest BCUT2D eigenvalue weighted by Gasteiger charge is 2.53. The Bertz CT molecular complexity index is 556. The molecule has 0 aromatic heterocycles. The number of rotatable bonds is 1. The van der Waals surface area contributed by atoms with E-state index >= 15 is 0 Å². The molecule has 0 heterocycles. The minimum absolute atomic E-state index is 0.0293. The molecule has 0 unspecified atom stereocenters. The van der Waals surface area contributed by atoms with E-state index in [1.807, 2.05) is 27.0 Å². The highest BCUT2D eigenvalue weighted by molar-refractivity contribution is 6.02. The van der Waals surface area contributed by atoms with Gasteiger partial charge in [0.05, 0.1) is 6.57 Å². The number of carbonyl (C=O) groups is 2. The van der Waals surface area contributed by atoms with Crippen LogP contribution in [-0.4, -0.2) is 29.7 Å². The summed E-state index contributed by atoms with van der Waals surface area (Å²) in [4.78, 5) is 29.3. The second kappa shape index (κ2) is 4.98. The van der Waals surface area contributed by atoms with Crippen LogP contribution in [0.3, 0.4) is 0 Å². The van der Waals surface area contributed by atoms with E-state index in [0.29, 0.717) is 0 Å². The molecule has 0 bridgehead atoms. The SMILES string of the molecule is [C-]#[N+]C1=C[C@@]2(C)C[C@H](N(C)C(C)=O)CC[C@@H]2C(C)(C)C1=O. The molecule has 0 spiro atoms. The van der Waals surface area contributed by atoms with Gasteiger partial charge in [-0.15, -0.1) is 0 Å². The predicted octanol–water partition coefficient (Wildman–Crippen LogP) is 3.05. The molecule has 21 heavy (non-hydrogen) atoms. The number of amides is 1. The highest BCUT2D eigenvalue weighted by Crippen LogP contribution is 2.55. The molecule has 2 rings (SSSR count). The molecule has 114 valence electrons. The standard InChI is InChI=1S/C17H24N2O2/c1-11(20)19(6)12-7-8-14-16(2,3)15(21)13(18-5)10-17(14,4)9-12/h10,12,14H,7-9H2,1-4,6H3/t12-,14-,17-/m1/s1. The van der Waals surface area contributed by atoms with E-state index in [9.17, 15) is 9.59 Å². The zero-order chi connectivity index (χ0) is 16.0. The molecule has 0 N–H and O–H groups in total. The Balaban J connectivity index is 2.40. The van der Waals surface area contributed by atoms with Crippen LogP contribution >= 0.6 is 0 Å². The van der Waals surface area contributed by atoms with Crippen molar-refractivity contribution in [1.29, 1.82) is 0 Å². The normalized spacial score (nSPS) is 34.5. The number of hydrogen-bond donors (Lipinski definition) is 0. The molecular formula is C17H24N2O2. The van der Waals surface area contributed by atoms with E-state index < -0.39 is 5.41 Å². The van der Waals surface area contributed by atoms with Gasteiger partial charge in [-0.2, -0.15) is 0 Å². The smallest absolute Gasteiger partial charge is 0.226 e. The second-order valence-corrected chi connectivity index (χ2v) is 7.32. The van der Waals surface area contributed by atoms with Crippen LogP contribution in [0.25, 0.3) is 4.85 Å². The summed E-state index contributed by atoms with van der Waals surface area (Å²) < 4.78 is 0. The summed E-state index contributed by atoms with van der Waals surface area (Å²) in [5.41, 5.74) is -0.419. The maximum atomic E-state index is 12.5. The summed E-state index contributed by atoms with van der Waals surface area (Å²) >= 11 is 0. The van der Waals surface area contributed by atoms with Crippen molar-refractivity contribution in [3.63, 3.8) is 0 Å². The van der Waals surface area contributed by atoms with E-state index in [2.05, 4.69) is 11.8 Å². The lowest BCUT2D eigenvalue weighted by molar-refractivity contribution is -0.136. The molecule has 4 heteroatoms. The summed E-state index contributed by atoms with van der Waals surface area (Å²) in [7, 11) is 1.84. The Morgan fingerprint density at radius 3 is 2.52 bits per heavy atom. The fourth-order valence-electron chi connectivity index (χ4n) is 4.32. The molecule has 1 saturated carbocycles. The van der Waals surface area contributed by atoms with Gasteiger partial charge in [0, 0.05) is 25.4 Å². The van der Waals surface area contributed by atoms with Gasteiger partial charge in [-0.1, -0.05) is 26.8 Å². The first-order valence-electron chi connectivity index (χ1n) is 7.52. The van der Waals surface area contributed by atoms with Gasteiger partial charge in [-0.25, -0.2) is 4.85 Å². The van der Waals surface area contributed by atoms with Crippen LogP contribution in [0.15, 0.2) is 11.8 Å². The van der Waals surface area contributed by atoms with Gasteiger partial charge in [0.25, 0.3) is 0 Å². The van der Waals surface area contributed by atoms with E-state index in [-0.39, 0.29) is 34.8 Å². The van der Waals surface area contributed by atoms with Crippen molar-refractivity contribution in [2.45, 2.75) is 53.0 Å². The number of nitrogens with zero attached hydrogens (tertiary/aromatic N) is 2. The number of fused-ring (bicyclic) bond motifs is 1. The van der Waals surface area contributed by atoms with Gasteiger partial charge in [-0.05, 0) is 30.6 Å². The van der Waals surface area contributed by atoms with Crippen LogP contribution < -0.4 is 0 Å². The Kier molecular flexibility index (Phi) is 3.73. The topological polar surface area (TPSA) is 41.7 Å². The minimum Gasteiger partial charge on any atom is -0.343 e. The predicted molar refractivity (Wildman–Crippen MR) is 81.2 cm³/mol. The van der Waals surface area contributed by atoms with E-state index in [4.69, 9.17) is 6.57 Å². The van der Waals surface area contributed by atoms with E-state index in [1.165, 1.54) is 0 Å². The van der Waals surface area contributed by atoms with Crippen molar-refractivity contribution in [3.8, 4) is 0 Å². The number of hydrogen-bond acceptors (Lipinski definition) is 2. The summed E-state index contributed by atoms with van der Waals surface area (Å²) in [5, 5.41) is 0. The maximum Gasteiger partial charge on any atom is 0.226 e. The zero-order valence-corrected chi connectivity index (χ0v) is 13.6. The van der Waals surface area contributed by atoms with Crippen molar-refractivity contribution >= 4 is 11.7 Å². The maximum absolute atomic E-state index is 12.5. The molecule has 2 aliphatic rings. The molecule has 0 aliphatic heterocycles. The molecule has 2 aliphatic carbocycles. The highest BCUT2D eigenvalue weighted by atomic mass is 16.2. The molecule has 0 aromatic rings. The number of carbonyl (C=O) groups excluding carboxylic acids is 2. The number of ketones is 1. The molecule has 0 radical (unpaired) electrons. The summed E-state index contributed by atoms with van der Waals surface area (Å²) in [5.74, 6) is 0.278. The van der Waals surface area contributed by atoms with Crippen molar-refractivity contribution in [3.05, 3.63) is 23.2 Å². The van der Waals surface area contributed by atoms with Crippen molar-refractivity contribution in [1.82, 2.24) is 4.90 Å². The Labute approximate surface area is 127 Å². The molecule has 1 fully saturated rings. The van der Waals surface area contributed by atoms with Gasteiger partial charge in [-0.3, -0.25) is 4.79 Å². The third-order valence-corrected chi connectivity index (χ3v) is 5.58. The van der Waals surface area contributed by atoms with Crippen LogP contribution in [-0.2, 0) is 9.59 Å². The largest absolute Gasteiger partial charge is 0.343 e. The Morgan fingerprint density at radius 1 is 1.38 bits per heavy atom. The summed E-state index contributed by atoms with van der Waals surface area (Å²) in [6.07, 6.45) is 4.54. The van der Waals surface area contributed by atoms with Crippen molar-refractivity contribution in [2.24, 2.45) is 16.7 Å². The van der Waals surface area contributed by atoms with Gasteiger partial charge in [0.15, 0.2) is 5.78 Å². The molecule has 1 amide bonds. The number of Topliss-reactive ketones (excluding diaryl/α,β-unsaturated/α-hetero) is 1. The molecule has 0 aromatic carbocycles. The fourth-order valence-corrected chi connectivity index (χ4v) is 4.32. The zero-order valence-electron chi connectivity index (χ0n) is 13.6. The molecule has 3 atom stereocenters. The second-order valence-electron chi connectivity index (χ2n) is 7.32. The number of allylic oxidation sites excluding steroid dienone is 2. The van der Waals surface area contributed by atoms with Crippen LogP contribution in [0.5, 0.6) is 0 Å². The summed E-state index contributed by atoms with van der Waals surface area (Å²) in [6, 6.07) is 0.191. The molecule has 4 nitrogen and oxygen atoms in total. The quantitative estimate of drug-likeness (QED) is 0.696. The minimum atomic E-state index is -0.497. The Hall–Kier alpha value is -1.63. The Morgan fingerprint density at radius 2 is 2.00 bits per heavy atom. The van der Waals surface area contributed by atoms with E-state index in [1.54, 1.807) is 11.8 Å². The van der Waals surface area contributed by atoms with Gasteiger partial charge < -0.3 is 9.69 Å². The first-order valence-corrected chi connectivity index (χ1v) is 7.52. The average molecular weight is 288 g/mol. The lowest BCUT2D eigenvalue weighted by atomic mass is 9.52. The van der Waals surface area contributed by atoms with Gasteiger partial charge in [0.1, 0.15) is 0 Å². The monoisotopic (exact) mass is 288 g/mol. The average Bonchev–Trinajstić information content (AvgIpc) is 2.41.